The molecule has 1 aromatic carbocycles. The van der Waals surface area contributed by atoms with Crippen LogP contribution in [0.5, 0.6) is 5.75 Å². The van der Waals surface area contributed by atoms with E-state index in [1.165, 1.54) is 0 Å². The summed E-state index contributed by atoms with van der Waals surface area (Å²) in [5.41, 5.74) is 2.10. The summed E-state index contributed by atoms with van der Waals surface area (Å²) in [6.45, 7) is 3.89. The molecule has 4 heteroatoms. The lowest BCUT2D eigenvalue weighted by Crippen LogP contribution is -2.13. The fraction of sp³-hybridized carbons (Fsp3) is 0.333. The summed E-state index contributed by atoms with van der Waals surface area (Å²) >= 11 is 16.5. The Balaban J connectivity index is 2.90. The Bertz CT molecular complexity index is 304. The van der Waals surface area contributed by atoms with E-state index in [0.29, 0.717) is 5.75 Å². The van der Waals surface area contributed by atoms with Crippen molar-refractivity contribution in [1.82, 2.24) is 0 Å². The molecule has 0 amide bonds. The van der Waals surface area contributed by atoms with Gasteiger partial charge in [-0.3, -0.25) is 0 Å². The Hall–Kier alpha value is -0.110. The average Bonchev–Trinajstić information content (AvgIpc) is 1.93. The molecule has 0 fully saturated rings. The highest BCUT2D eigenvalue weighted by Gasteiger charge is 2.22. The van der Waals surface area contributed by atoms with Crippen LogP contribution in [0.1, 0.15) is 11.1 Å². The summed E-state index contributed by atoms with van der Waals surface area (Å²) in [5.74, 6) is 0.589. The topological polar surface area (TPSA) is 9.23 Å². The number of hydrogen-bond acceptors (Lipinski definition) is 1. The van der Waals surface area contributed by atoms with E-state index in [-0.39, 0.29) is 0 Å². The molecule has 0 saturated heterocycles. The minimum absolute atomic E-state index is 0.589. The average molecular weight is 240 g/mol. The summed E-state index contributed by atoms with van der Waals surface area (Å²) in [6.07, 6.45) is 0. The third-order valence-electron chi connectivity index (χ3n) is 1.56. The van der Waals surface area contributed by atoms with Crippen LogP contribution < -0.4 is 4.74 Å². The van der Waals surface area contributed by atoms with Crippen LogP contribution in [0.3, 0.4) is 0 Å². The van der Waals surface area contributed by atoms with Crippen molar-refractivity contribution in [2.24, 2.45) is 0 Å². The van der Waals surface area contributed by atoms with Gasteiger partial charge in [-0.05, 0) is 60.3 Å². The summed E-state index contributed by atoms with van der Waals surface area (Å²) in [4.78, 5) is 0. The zero-order valence-corrected chi connectivity index (χ0v) is 9.54. The van der Waals surface area contributed by atoms with Gasteiger partial charge in [0.2, 0.25) is 0 Å². The Morgan fingerprint density at radius 1 is 1.15 bits per heavy atom. The van der Waals surface area contributed by atoms with Crippen molar-refractivity contribution in [3.63, 3.8) is 0 Å². The summed E-state index contributed by atoms with van der Waals surface area (Å²) in [6, 6.07) is 5.65. The molecule has 0 atom stereocenters. The highest BCUT2D eigenvalue weighted by Crippen LogP contribution is 2.31. The fourth-order valence-electron chi connectivity index (χ4n) is 1.04. The van der Waals surface area contributed by atoms with Crippen LogP contribution in [-0.2, 0) is 0 Å². The number of ether oxygens (including phenoxy) is 1. The van der Waals surface area contributed by atoms with Crippen LogP contribution in [0.15, 0.2) is 18.2 Å². The molecule has 0 bridgehead atoms. The van der Waals surface area contributed by atoms with Crippen molar-refractivity contribution in [3.8, 4) is 5.75 Å². The van der Waals surface area contributed by atoms with Crippen LogP contribution in [-0.4, -0.2) is 3.98 Å². The molecule has 0 heterocycles. The number of rotatable bonds is 1. The zero-order valence-electron chi connectivity index (χ0n) is 7.27. The molecule has 1 rings (SSSR count). The lowest BCUT2D eigenvalue weighted by atomic mass is 10.1. The second kappa shape index (κ2) is 3.95. The fourth-order valence-corrected chi connectivity index (χ4v) is 1.29. The Morgan fingerprint density at radius 2 is 1.77 bits per heavy atom. The van der Waals surface area contributed by atoms with E-state index in [4.69, 9.17) is 39.5 Å². The van der Waals surface area contributed by atoms with Gasteiger partial charge in [0.1, 0.15) is 5.75 Å². The van der Waals surface area contributed by atoms with Gasteiger partial charge in [0.05, 0.1) is 0 Å². The number of benzene rings is 1. The lowest BCUT2D eigenvalue weighted by Gasteiger charge is -2.15. The molecule has 0 aliphatic heterocycles. The van der Waals surface area contributed by atoms with E-state index >= 15 is 0 Å². The number of hydrogen-bond donors (Lipinski definition) is 0. The molecule has 0 N–H and O–H groups in total. The first-order valence-electron chi connectivity index (χ1n) is 3.71. The van der Waals surface area contributed by atoms with Gasteiger partial charge in [0.15, 0.2) is 0 Å². The Labute approximate surface area is 92.5 Å². The van der Waals surface area contributed by atoms with Crippen LogP contribution in [0.4, 0.5) is 0 Å². The Kier molecular flexibility index (Phi) is 3.33. The lowest BCUT2D eigenvalue weighted by molar-refractivity contribution is 0.318. The van der Waals surface area contributed by atoms with Crippen LogP contribution >= 0.6 is 34.8 Å². The second-order valence-electron chi connectivity index (χ2n) is 2.82. The minimum atomic E-state index is -1.69. The summed E-state index contributed by atoms with van der Waals surface area (Å²) in [5, 5.41) is 0. The summed E-state index contributed by atoms with van der Waals surface area (Å²) < 4.78 is 3.39. The third kappa shape index (κ3) is 3.63. The maximum atomic E-state index is 5.49. The molecule has 0 aromatic heterocycles. The molecule has 0 unspecified atom stereocenters. The van der Waals surface area contributed by atoms with Gasteiger partial charge in [-0.25, -0.2) is 0 Å². The quantitative estimate of drug-likeness (QED) is 0.673. The van der Waals surface area contributed by atoms with E-state index < -0.39 is 3.98 Å². The van der Waals surface area contributed by atoms with Gasteiger partial charge in [0.25, 0.3) is 0 Å². The molecule has 0 spiro atoms. The van der Waals surface area contributed by atoms with Crippen molar-refractivity contribution in [3.05, 3.63) is 29.3 Å². The molecular weight excluding hydrogens is 230 g/mol. The van der Waals surface area contributed by atoms with Crippen molar-refractivity contribution >= 4 is 34.8 Å². The minimum Gasteiger partial charge on any atom is -0.445 e. The normalized spacial score (nSPS) is 11.5. The molecule has 0 aliphatic rings. The van der Waals surface area contributed by atoms with Gasteiger partial charge >= 0.3 is 3.98 Å². The Morgan fingerprint density at radius 3 is 2.23 bits per heavy atom. The number of halogens is 3. The monoisotopic (exact) mass is 238 g/mol. The largest absolute Gasteiger partial charge is 0.445 e. The highest BCUT2D eigenvalue weighted by atomic mass is 35.6. The maximum Gasteiger partial charge on any atom is 0.338 e. The third-order valence-corrected chi connectivity index (χ3v) is 1.79. The van der Waals surface area contributed by atoms with Crippen LogP contribution in [0.25, 0.3) is 0 Å². The maximum absolute atomic E-state index is 5.49. The summed E-state index contributed by atoms with van der Waals surface area (Å²) in [7, 11) is 0. The first-order valence-corrected chi connectivity index (χ1v) is 4.85. The molecule has 0 aliphatic carbocycles. The molecule has 1 nitrogen and oxygen atoms in total. The van der Waals surface area contributed by atoms with Gasteiger partial charge in [-0.2, -0.15) is 0 Å². The van der Waals surface area contributed by atoms with E-state index in [9.17, 15) is 0 Å². The second-order valence-corrected chi connectivity index (χ2v) is 4.99. The van der Waals surface area contributed by atoms with Crippen molar-refractivity contribution < 1.29 is 4.74 Å². The van der Waals surface area contributed by atoms with E-state index in [1.807, 2.05) is 26.0 Å². The van der Waals surface area contributed by atoms with E-state index in [2.05, 4.69) is 0 Å². The SMILES string of the molecule is Cc1ccc(OC(Cl)(Cl)Cl)c(C)c1. The van der Waals surface area contributed by atoms with Crippen LogP contribution in [0, 0.1) is 13.8 Å². The van der Waals surface area contributed by atoms with Crippen molar-refractivity contribution in [2.75, 3.05) is 0 Å². The predicted molar refractivity (Wildman–Crippen MR) is 56.8 cm³/mol. The van der Waals surface area contributed by atoms with Crippen LogP contribution in [0.2, 0.25) is 0 Å². The van der Waals surface area contributed by atoms with E-state index in [1.54, 1.807) is 6.07 Å². The van der Waals surface area contributed by atoms with E-state index in [0.717, 1.165) is 11.1 Å². The first kappa shape index (κ1) is 11.0. The molecular formula is C9H9Cl3O. The van der Waals surface area contributed by atoms with Gasteiger partial charge in [0, 0.05) is 0 Å². The standard InChI is InChI=1S/C9H9Cl3O/c1-6-3-4-8(7(2)5-6)13-9(10,11)12/h3-5H,1-2H3. The molecule has 13 heavy (non-hydrogen) atoms. The zero-order chi connectivity index (χ0) is 10.1. The highest BCUT2D eigenvalue weighted by molar-refractivity contribution is 6.66. The van der Waals surface area contributed by atoms with Gasteiger partial charge in [-0.1, -0.05) is 17.7 Å². The van der Waals surface area contributed by atoms with Gasteiger partial charge < -0.3 is 4.74 Å². The van der Waals surface area contributed by atoms with Gasteiger partial charge in [-0.15, -0.1) is 0 Å². The molecule has 1 aromatic rings. The molecule has 0 radical (unpaired) electrons. The van der Waals surface area contributed by atoms with Crippen molar-refractivity contribution in [1.29, 1.82) is 0 Å². The number of alkyl halides is 3. The number of aryl methyl sites for hydroxylation is 2. The predicted octanol–water partition coefficient (Wildman–Crippen LogP) is 4.01. The molecule has 0 saturated carbocycles. The van der Waals surface area contributed by atoms with Crippen molar-refractivity contribution in [2.45, 2.75) is 17.8 Å². The smallest absolute Gasteiger partial charge is 0.338 e. The molecule has 72 valence electrons. The first-order chi connectivity index (χ1) is 5.88.